The molecule has 0 atom stereocenters. The Morgan fingerprint density at radius 2 is 2.00 bits per heavy atom. The Balaban J connectivity index is 3.65. The first-order chi connectivity index (χ1) is 4.12. The van der Waals surface area contributed by atoms with Crippen LogP contribution in [0.4, 0.5) is 0 Å². The summed E-state index contributed by atoms with van der Waals surface area (Å²) in [5.74, 6) is 0. The third-order valence-electron chi connectivity index (χ3n) is 0.889. The zero-order valence-corrected chi connectivity index (χ0v) is 5.60. The van der Waals surface area contributed by atoms with Crippen LogP contribution in [0.15, 0.2) is 0 Å². The molecule has 48 valence electrons. The molecule has 3 heteroatoms. The molecular formula is C6H9N3. The highest BCUT2D eigenvalue weighted by molar-refractivity contribution is 5.01. The Hall–Kier alpha value is -1.06. The SMILES string of the molecule is CC(C)(C#N)NCC#N. The number of hydrogen-bond acceptors (Lipinski definition) is 3. The predicted molar refractivity (Wildman–Crippen MR) is 33.3 cm³/mol. The Morgan fingerprint density at radius 1 is 1.44 bits per heavy atom. The molecule has 0 aromatic rings. The Labute approximate surface area is 54.9 Å². The van der Waals surface area contributed by atoms with E-state index in [2.05, 4.69) is 5.32 Å². The molecule has 0 fully saturated rings. The first kappa shape index (κ1) is 7.94. The Kier molecular flexibility index (Phi) is 2.70. The summed E-state index contributed by atoms with van der Waals surface area (Å²) in [6, 6.07) is 3.91. The molecule has 1 N–H and O–H groups in total. The van der Waals surface area contributed by atoms with Crippen molar-refractivity contribution in [2.45, 2.75) is 19.4 Å². The number of nitrogens with zero attached hydrogens (tertiary/aromatic N) is 2. The fourth-order valence-corrected chi connectivity index (χ4v) is 0.300. The van der Waals surface area contributed by atoms with Crippen molar-refractivity contribution in [2.75, 3.05) is 6.54 Å². The van der Waals surface area contributed by atoms with Crippen LogP contribution in [0.3, 0.4) is 0 Å². The molecule has 0 radical (unpaired) electrons. The minimum Gasteiger partial charge on any atom is -0.287 e. The van der Waals surface area contributed by atoms with Crippen LogP contribution in [0.2, 0.25) is 0 Å². The van der Waals surface area contributed by atoms with Crippen molar-refractivity contribution in [3.8, 4) is 12.1 Å². The highest BCUT2D eigenvalue weighted by atomic mass is 14.9. The molecule has 9 heavy (non-hydrogen) atoms. The van der Waals surface area contributed by atoms with E-state index in [9.17, 15) is 0 Å². The fourth-order valence-electron chi connectivity index (χ4n) is 0.300. The van der Waals surface area contributed by atoms with E-state index in [1.54, 1.807) is 13.8 Å². The molecule has 0 aliphatic heterocycles. The molecule has 0 aliphatic carbocycles. The van der Waals surface area contributed by atoms with E-state index in [4.69, 9.17) is 10.5 Å². The number of nitrogens with one attached hydrogen (secondary N) is 1. The molecule has 0 heterocycles. The van der Waals surface area contributed by atoms with Gasteiger partial charge in [-0.1, -0.05) is 0 Å². The molecule has 0 unspecified atom stereocenters. The van der Waals surface area contributed by atoms with Crippen LogP contribution < -0.4 is 5.32 Å². The lowest BCUT2D eigenvalue weighted by molar-refractivity contribution is 0.519. The van der Waals surface area contributed by atoms with Gasteiger partial charge in [0.1, 0.15) is 5.54 Å². The molecule has 0 rings (SSSR count). The van der Waals surface area contributed by atoms with Crippen LogP contribution >= 0.6 is 0 Å². The maximum absolute atomic E-state index is 8.40. The lowest BCUT2D eigenvalue weighted by Crippen LogP contribution is -2.37. The van der Waals surface area contributed by atoms with Crippen LogP contribution in [-0.4, -0.2) is 12.1 Å². The second kappa shape index (κ2) is 3.06. The van der Waals surface area contributed by atoms with Crippen LogP contribution in [0.1, 0.15) is 13.8 Å². The third kappa shape index (κ3) is 3.52. The van der Waals surface area contributed by atoms with Crippen LogP contribution in [0, 0.1) is 22.7 Å². The summed E-state index contributed by atoms with van der Waals surface area (Å²) in [5, 5.41) is 19.2. The van der Waals surface area contributed by atoms with E-state index in [1.165, 1.54) is 0 Å². The molecule has 0 aromatic carbocycles. The van der Waals surface area contributed by atoms with Crippen molar-refractivity contribution in [3.63, 3.8) is 0 Å². The molecule has 0 aromatic heterocycles. The van der Waals surface area contributed by atoms with Crippen molar-refractivity contribution >= 4 is 0 Å². The number of nitriles is 2. The summed E-state index contributed by atoms with van der Waals surface area (Å²) in [7, 11) is 0. The Bertz CT molecular complexity index is 158. The summed E-state index contributed by atoms with van der Waals surface area (Å²) in [4.78, 5) is 0. The van der Waals surface area contributed by atoms with Crippen LogP contribution in [0.5, 0.6) is 0 Å². The molecule has 0 bridgehead atoms. The Morgan fingerprint density at radius 3 is 2.33 bits per heavy atom. The second-order valence-electron chi connectivity index (χ2n) is 2.25. The van der Waals surface area contributed by atoms with E-state index in [-0.39, 0.29) is 6.54 Å². The first-order valence-corrected chi connectivity index (χ1v) is 2.65. The average molecular weight is 123 g/mol. The van der Waals surface area contributed by atoms with Gasteiger partial charge in [0.05, 0.1) is 18.7 Å². The minimum absolute atomic E-state index is 0.223. The molecule has 3 nitrogen and oxygen atoms in total. The summed E-state index contributed by atoms with van der Waals surface area (Å²) in [6.45, 7) is 3.68. The lowest BCUT2D eigenvalue weighted by atomic mass is 10.1. The monoisotopic (exact) mass is 123 g/mol. The maximum atomic E-state index is 8.40. The highest BCUT2D eigenvalue weighted by Gasteiger charge is 2.13. The van der Waals surface area contributed by atoms with Crippen LogP contribution in [-0.2, 0) is 0 Å². The van der Waals surface area contributed by atoms with Gasteiger partial charge in [0.25, 0.3) is 0 Å². The van der Waals surface area contributed by atoms with E-state index >= 15 is 0 Å². The van der Waals surface area contributed by atoms with Gasteiger partial charge in [0.2, 0.25) is 0 Å². The maximum Gasteiger partial charge on any atom is 0.101 e. The third-order valence-corrected chi connectivity index (χ3v) is 0.889. The smallest absolute Gasteiger partial charge is 0.101 e. The summed E-state index contributed by atoms with van der Waals surface area (Å²) in [6.07, 6.45) is 0. The van der Waals surface area contributed by atoms with Gasteiger partial charge in [0, 0.05) is 0 Å². The largest absolute Gasteiger partial charge is 0.287 e. The van der Waals surface area contributed by atoms with Gasteiger partial charge < -0.3 is 0 Å². The quantitative estimate of drug-likeness (QED) is 0.541. The summed E-state index contributed by atoms with van der Waals surface area (Å²) < 4.78 is 0. The van der Waals surface area contributed by atoms with E-state index in [1.807, 2.05) is 12.1 Å². The summed E-state index contributed by atoms with van der Waals surface area (Å²) in [5.41, 5.74) is -0.574. The number of rotatable bonds is 2. The molecular weight excluding hydrogens is 114 g/mol. The van der Waals surface area contributed by atoms with Crippen LogP contribution in [0.25, 0.3) is 0 Å². The van der Waals surface area contributed by atoms with Gasteiger partial charge in [-0.25, -0.2) is 0 Å². The first-order valence-electron chi connectivity index (χ1n) is 2.65. The standard InChI is InChI=1S/C6H9N3/c1-6(2,5-8)9-4-3-7/h9H,4H2,1-2H3. The van der Waals surface area contributed by atoms with Gasteiger partial charge in [-0.05, 0) is 13.8 Å². The van der Waals surface area contributed by atoms with Gasteiger partial charge in [-0.15, -0.1) is 0 Å². The zero-order chi connectivity index (χ0) is 7.33. The normalized spacial score (nSPS) is 9.78. The van der Waals surface area contributed by atoms with Crippen molar-refractivity contribution in [1.82, 2.24) is 5.32 Å². The van der Waals surface area contributed by atoms with Crippen molar-refractivity contribution in [1.29, 1.82) is 10.5 Å². The molecule has 0 saturated heterocycles. The predicted octanol–water partition coefficient (Wildman–Crippen LogP) is 0.402. The van der Waals surface area contributed by atoms with E-state index in [0.29, 0.717) is 0 Å². The highest BCUT2D eigenvalue weighted by Crippen LogP contribution is 1.96. The van der Waals surface area contributed by atoms with Crippen molar-refractivity contribution < 1.29 is 0 Å². The van der Waals surface area contributed by atoms with E-state index in [0.717, 1.165) is 0 Å². The minimum atomic E-state index is -0.574. The van der Waals surface area contributed by atoms with E-state index < -0.39 is 5.54 Å². The zero-order valence-electron chi connectivity index (χ0n) is 5.60. The molecule has 0 spiro atoms. The number of hydrogen-bond donors (Lipinski definition) is 1. The van der Waals surface area contributed by atoms with Crippen molar-refractivity contribution in [2.24, 2.45) is 0 Å². The average Bonchev–Trinajstić information content (AvgIpc) is 1.84. The molecule has 0 amide bonds. The van der Waals surface area contributed by atoms with Gasteiger partial charge in [-0.2, -0.15) is 10.5 Å². The summed E-state index contributed by atoms with van der Waals surface area (Å²) >= 11 is 0. The van der Waals surface area contributed by atoms with Gasteiger partial charge in [-0.3, -0.25) is 5.32 Å². The molecule has 0 aliphatic rings. The lowest BCUT2D eigenvalue weighted by Gasteiger charge is -2.13. The fraction of sp³-hybridized carbons (Fsp3) is 0.667. The molecule has 0 saturated carbocycles. The second-order valence-corrected chi connectivity index (χ2v) is 2.25. The van der Waals surface area contributed by atoms with Gasteiger partial charge >= 0.3 is 0 Å². The van der Waals surface area contributed by atoms with Gasteiger partial charge in [0.15, 0.2) is 0 Å². The topological polar surface area (TPSA) is 59.6 Å². The van der Waals surface area contributed by atoms with Crippen molar-refractivity contribution in [3.05, 3.63) is 0 Å².